The normalized spacial score (nSPS) is 10.7. The van der Waals surface area contributed by atoms with Gasteiger partial charge in [-0.2, -0.15) is 26.8 Å². The third-order valence-electron chi connectivity index (χ3n) is 4.86. The fourth-order valence-corrected chi connectivity index (χ4v) is 3.78. The minimum Gasteiger partial charge on any atom is -0.494 e. The summed E-state index contributed by atoms with van der Waals surface area (Å²) in [6.45, 7) is 1.92. The molecule has 0 unspecified atom stereocenters. The van der Waals surface area contributed by atoms with E-state index in [1.165, 1.54) is 22.6 Å². The molecule has 0 aliphatic rings. The topological polar surface area (TPSA) is 139 Å². The maximum absolute atomic E-state index is 12.9. The maximum Gasteiger partial charge on any atom is 0.275 e. The predicted molar refractivity (Wildman–Crippen MR) is 125 cm³/mol. The molecule has 33 heavy (non-hydrogen) atoms. The first-order valence-electron chi connectivity index (χ1n) is 9.78. The van der Waals surface area contributed by atoms with E-state index in [9.17, 15) is 14.9 Å². The van der Waals surface area contributed by atoms with Gasteiger partial charge in [0.15, 0.2) is 11.6 Å². The van der Waals surface area contributed by atoms with Crippen LogP contribution < -0.4 is 15.6 Å². The summed E-state index contributed by atoms with van der Waals surface area (Å²) in [7, 11) is 1.56. The number of rotatable bonds is 6. The lowest BCUT2D eigenvalue weighted by atomic mass is 10.1. The average molecular weight is 462 g/mol. The van der Waals surface area contributed by atoms with Gasteiger partial charge in [0.05, 0.1) is 19.1 Å². The third-order valence-corrected chi connectivity index (χ3v) is 5.42. The lowest BCUT2D eigenvalue weighted by Crippen LogP contribution is -2.22. The lowest BCUT2D eigenvalue weighted by molar-refractivity contribution is 0.102. The Labute approximate surface area is 192 Å². The molecule has 0 saturated carbocycles. The summed E-state index contributed by atoms with van der Waals surface area (Å²) >= 11 is 1.46. The number of carbonyl (C=O) groups is 1. The number of aromatic amines is 1. The Morgan fingerprint density at radius 3 is 2.88 bits per heavy atom. The zero-order valence-corrected chi connectivity index (χ0v) is 18.9. The first kappa shape index (κ1) is 22.0. The Kier molecular flexibility index (Phi) is 6.10. The number of methoxy groups -OCH3 is 1. The van der Waals surface area contributed by atoms with E-state index in [2.05, 4.69) is 25.4 Å². The molecular formula is C22H19N7O3S. The lowest BCUT2D eigenvalue weighted by Gasteiger charge is -2.12. The number of nitrogens with zero attached hydrogens (tertiary/aromatic N) is 5. The number of para-hydroxylation sites is 1. The van der Waals surface area contributed by atoms with Crippen molar-refractivity contribution in [3.05, 3.63) is 69.5 Å². The molecule has 4 rings (SSSR count). The van der Waals surface area contributed by atoms with Crippen LogP contribution in [-0.4, -0.2) is 44.0 Å². The van der Waals surface area contributed by atoms with Crippen LogP contribution in [0.15, 0.2) is 41.3 Å². The summed E-state index contributed by atoms with van der Waals surface area (Å²) in [5.41, 5.74) is 1.17. The zero-order valence-electron chi connectivity index (χ0n) is 18.0. The number of pyridine rings is 1. The van der Waals surface area contributed by atoms with Gasteiger partial charge >= 0.3 is 0 Å². The third kappa shape index (κ3) is 4.28. The molecule has 10 nitrogen and oxygen atoms in total. The van der Waals surface area contributed by atoms with Gasteiger partial charge in [0, 0.05) is 11.5 Å². The SMILES string of the molecule is COc1cccc2c(C)cc(-n3ncc(C#N)c3NC(=O)c3cc(=O)[nH]c(CSC)n3)nc12. The van der Waals surface area contributed by atoms with Gasteiger partial charge < -0.3 is 15.0 Å². The van der Waals surface area contributed by atoms with Gasteiger partial charge in [-0.1, -0.05) is 12.1 Å². The molecule has 0 radical (unpaired) electrons. The van der Waals surface area contributed by atoms with Crippen molar-refractivity contribution in [1.82, 2.24) is 24.7 Å². The molecule has 3 aromatic heterocycles. The number of carbonyl (C=O) groups excluding carboxylic acids is 1. The fraction of sp³-hybridized carbons (Fsp3) is 0.182. The minimum atomic E-state index is -0.642. The largest absolute Gasteiger partial charge is 0.494 e. The van der Waals surface area contributed by atoms with E-state index < -0.39 is 11.5 Å². The van der Waals surface area contributed by atoms with Crippen LogP contribution in [0, 0.1) is 18.3 Å². The molecular weight excluding hydrogens is 442 g/mol. The summed E-state index contributed by atoms with van der Waals surface area (Å²) in [5, 5.41) is 17.4. The standard InChI is InChI=1S/C22H19N7O3S/c1-12-7-18(27-20-14(12)5-4-6-16(20)32-2)29-21(13(9-23)10-24-29)28-22(31)15-8-19(30)26-17(25-15)11-33-3/h4-8,10H,11H2,1-3H3,(H,28,31)(H,25,26,30). The second-order valence-electron chi connectivity index (χ2n) is 7.05. The molecule has 166 valence electrons. The van der Waals surface area contributed by atoms with Gasteiger partial charge in [0.1, 0.15) is 34.4 Å². The first-order chi connectivity index (χ1) is 15.9. The van der Waals surface area contributed by atoms with Crippen LogP contribution >= 0.6 is 11.8 Å². The maximum atomic E-state index is 12.9. The highest BCUT2D eigenvalue weighted by Gasteiger charge is 2.20. The highest BCUT2D eigenvalue weighted by molar-refractivity contribution is 7.97. The number of benzene rings is 1. The Balaban J connectivity index is 1.79. The minimum absolute atomic E-state index is 0.0660. The Morgan fingerprint density at radius 1 is 1.33 bits per heavy atom. The van der Waals surface area contributed by atoms with E-state index >= 15 is 0 Å². The van der Waals surface area contributed by atoms with E-state index in [0.717, 1.165) is 17.0 Å². The Hall–Kier alpha value is -4.17. The van der Waals surface area contributed by atoms with Crippen molar-refractivity contribution in [3.63, 3.8) is 0 Å². The molecule has 0 fully saturated rings. The number of aromatic nitrogens is 5. The van der Waals surface area contributed by atoms with Crippen molar-refractivity contribution >= 4 is 34.4 Å². The van der Waals surface area contributed by atoms with E-state index in [4.69, 9.17) is 4.74 Å². The van der Waals surface area contributed by atoms with Crippen LogP contribution in [0.25, 0.3) is 16.7 Å². The molecule has 2 N–H and O–H groups in total. The van der Waals surface area contributed by atoms with Crippen LogP contribution in [0.3, 0.4) is 0 Å². The van der Waals surface area contributed by atoms with Crippen LogP contribution in [0.4, 0.5) is 5.82 Å². The number of aryl methyl sites for hydroxylation is 1. The first-order valence-corrected chi connectivity index (χ1v) is 11.2. The van der Waals surface area contributed by atoms with Crippen molar-refractivity contribution < 1.29 is 9.53 Å². The number of nitriles is 1. The molecule has 4 aromatic rings. The molecule has 0 spiro atoms. The molecule has 11 heteroatoms. The zero-order chi connectivity index (χ0) is 23.5. The van der Waals surface area contributed by atoms with Gasteiger partial charge in [-0.3, -0.25) is 9.59 Å². The smallest absolute Gasteiger partial charge is 0.275 e. The number of amides is 1. The van der Waals surface area contributed by atoms with Gasteiger partial charge in [-0.15, -0.1) is 0 Å². The molecule has 0 aliphatic heterocycles. The molecule has 1 aromatic carbocycles. The molecule has 3 heterocycles. The summed E-state index contributed by atoms with van der Waals surface area (Å²) < 4.78 is 6.80. The fourth-order valence-electron chi connectivity index (χ4n) is 3.37. The molecule has 0 bridgehead atoms. The predicted octanol–water partition coefficient (Wildman–Crippen LogP) is 2.81. The molecule has 1 amide bonds. The summed E-state index contributed by atoms with van der Waals surface area (Å²) in [6, 6.07) is 10.5. The van der Waals surface area contributed by atoms with Crippen molar-refractivity contribution in [3.8, 4) is 17.6 Å². The number of thioether (sulfide) groups is 1. The highest BCUT2D eigenvalue weighted by atomic mass is 32.2. The second kappa shape index (κ2) is 9.13. The average Bonchev–Trinajstić information content (AvgIpc) is 3.21. The van der Waals surface area contributed by atoms with Crippen LogP contribution in [0.2, 0.25) is 0 Å². The van der Waals surface area contributed by atoms with E-state index in [-0.39, 0.29) is 17.1 Å². The van der Waals surface area contributed by atoms with Crippen LogP contribution in [-0.2, 0) is 5.75 Å². The van der Waals surface area contributed by atoms with Gasteiger partial charge in [-0.25, -0.2) is 9.97 Å². The van der Waals surface area contributed by atoms with Crippen molar-refractivity contribution in [1.29, 1.82) is 5.26 Å². The van der Waals surface area contributed by atoms with E-state index in [0.29, 0.717) is 28.7 Å². The summed E-state index contributed by atoms with van der Waals surface area (Å²) in [4.78, 5) is 36.3. The van der Waals surface area contributed by atoms with Gasteiger partial charge in [-0.05, 0) is 30.9 Å². The van der Waals surface area contributed by atoms with Gasteiger partial charge in [0.25, 0.3) is 11.5 Å². The van der Waals surface area contributed by atoms with E-state index in [1.807, 2.05) is 31.4 Å². The number of fused-ring (bicyclic) bond motifs is 1. The Bertz CT molecular complexity index is 1470. The van der Waals surface area contributed by atoms with Crippen LogP contribution in [0.5, 0.6) is 5.75 Å². The van der Waals surface area contributed by atoms with Crippen molar-refractivity contribution in [2.45, 2.75) is 12.7 Å². The number of ether oxygens (including phenoxy) is 1. The second-order valence-corrected chi connectivity index (χ2v) is 7.91. The number of H-pyrrole nitrogens is 1. The quantitative estimate of drug-likeness (QED) is 0.447. The number of hydrogen-bond acceptors (Lipinski definition) is 8. The van der Waals surface area contributed by atoms with Crippen LogP contribution in [0.1, 0.15) is 27.4 Å². The number of anilines is 1. The van der Waals surface area contributed by atoms with Crippen molar-refractivity contribution in [2.24, 2.45) is 0 Å². The highest BCUT2D eigenvalue weighted by Crippen LogP contribution is 2.29. The summed E-state index contributed by atoms with van der Waals surface area (Å²) in [6.07, 6.45) is 3.20. The van der Waals surface area contributed by atoms with E-state index in [1.54, 1.807) is 19.2 Å². The monoisotopic (exact) mass is 461 g/mol. The number of hydrogen-bond donors (Lipinski definition) is 2. The molecule has 0 aliphatic carbocycles. The molecule has 0 atom stereocenters. The molecule has 0 saturated heterocycles. The number of nitrogens with one attached hydrogen (secondary N) is 2. The van der Waals surface area contributed by atoms with Gasteiger partial charge in [0.2, 0.25) is 0 Å². The summed E-state index contributed by atoms with van der Waals surface area (Å²) in [5.74, 6) is 1.29. The van der Waals surface area contributed by atoms with Crippen molar-refractivity contribution in [2.75, 3.05) is 18.7 Å². The Morgan fingerprint density at radius 2 is 2.15 bits per heavy atom.